The smallest absolute Gasteiger partial charge is 0.306 e. The predicted octanol–water partition coefficient (Wildman–Crippen LogP) is 15.0. The molecule has 338 valence electrons. The lowest BCUT2D eigenvalue weighted by Crippen LogP contribution is -2.46. The quantitative estimate of drug-likeness (QED) is 0.0323. The number of esters is 1. The van der Waals surface area contributed by atoms with Crippen LogP contribution in [0.1, 0.15) is 278 Å². The second-order valence-corrected chi connectivity index (χ2v) is 17.6. The van der Waals surface area contributed by atoms with Crippen molar-refractivity contribution in [3.8, 4) is 0 Å². The Morgan fingerprint density at radius 1 is 0.491 bits per heavy atom. The molecule has 3 unspecified atom stereocenters. The Labute approximate surface area is 355 Å². The molecule has 0 fully saturated rings. The molecule has 0 aromatic carbocycles. The number of hydrogen-bond donors (Lipinski definition) is 3. The zero-order valence-corrected chi connectivity index (χ0v) is 38.5. The predicted molar refractivity (Wildman–Crippen MR) is 246 cm³/mol. The lowest BCUT2D eigenvalue weighted by molar-refractivity contribution is -0.151. The minimum Gasteiger partial charge on any atom is -0.462 e. The van der Waals surface area contributed by atoms with Gasteiger partial charge in [0.05, 0.1) is 25.2 Å². The van der Waals surface area contributed by atoms with Gasteiger partial charge in [0.2, 0.25) is 5.91 Å². The molecule has 6 nitrogen and oxygen atoms in total. The fourth-order valence-electron chi connectivity index (χ4n) is 7.96. The van der Waals surface area contributed by atoms with E-state index >= 15 is 0 Å². The van der Waals surface area contributed by atoms with Crippen LogP contribution in [0.15, 0.2) is 12.2 Å². The molecule has 6 heteroatoms. The van der Waals surface area contributed by atoms with Crippen LogP contribution in [0.2, 0.25) is 0 Å². The van der Waals surface area contributed by atoms with E-state index in [4.69, 9.17) is 4.74 Å². The van der Waals surface area contributed by atoms with Crippen molar-refractivity contribution in [1.29, 1.82) is 0 Å². The Kier molecular flexibility index (Phi) is 44.6. The van der Waals surface area contributed by atoms with E-state index in [0.717, 1.165) is 51.4 Å². The molecule has 0 saturated carbocycles. The van der Waals surface area contributed by atoms with Crippen LogP contribution in [0.3, 0.4) is 0 Å². The Morgan fingerprint density at radius 2 is 0.842 bits per heavy atom. The highest BCUT2D eigenvalue weighted by Crippen LogP contribution is 2.18. The second kappa shape index (κ2) is 45.7. The van der Waals surface area contributed by atoms with E-state index in [-0.39, 0.29) is 24.9 Å². The molecule has 1 amide bonds. The van der Waals surface area contributed by atoms with Crippen molar-refractivity contribution in [2.24, 2.45) is 0 Å². The molecule has 0 rings (SSSR count). The lowest BCUT2D eigenvalue weighted by Gasteiger charge is -2.24. The molecule has 0 saturated heterocycles. The van der Waals surface area contributed by atoms with Gasteiger partial charge in [0.25, 0.3) is 0 Å². The molecule has 0 spiro atoms. The van der Waals surface area contributed by atoms with Crippen LogP contribution in [0.4, 0.5) is 0 Å². The summed E-state index contributed by atoms with van der Waals surface area (Å²) >= 11 is 0. The maximum atomic E-state index is 13.2. The number of ether oxygens (including phenoxy) is 1. The first-order chi connectivity index (χ1) is 28.0. The minimum atomic E-state index is -0.782. The molecular formula is C51H99NO5. The Hall–Kier alpha value is -1.40. The van der Waals surface area contributed by atoms with Crippen LogP contribution >= 0.6 is 0 Å². The van der Waals surface area contributed by atoms with Crippen LogP contribution in [-0.4, -0.2) is 46.9 Å². The number of aliphatic hydroxyl groups is 2. The third-order valence-electron chi connectivity index (χ3n) is 11.8. The molecule has 57 heavy (non-hydrogen) atoms. The number of carbonyl (C=O) groups excluding carboxylic acids is 2. The first-order valence-electron chi connectivity index (χ1n) is 25.4. The van der Waals surface area contributed by atoms with Gasteiger partial charge in [-0.1, -0.05) is 226 Å². The normalized spacial score (nSPS) is 13.3. The summed E-state index contributed by atoms with van der Waals surface area (Å²) in [5, 5.41) is 23.7. The van der Waals surface area contributed by atoms with Crippen LogP contribution in [0.5, 0.6) is 0 Å². The average Bonchev–Trinajstić information content (AvgIpc) is 3.20. The van der Waals surface area contributed by atoms with Gasteiger partial charge in [-0.25, -0.2) is 0 Å². The summed E-state index contributed by atoms with van der Waals surface area (Å²) in [5.74, 6) is -0.468. The number of nitrogens with one attached hydrogen (secondary N) is 1. The zero-order chi connectivity index (χ0) is 41.7. The zero-order valence-electron chi connectivity index (χ0n) is 38.5. The van der Waals surface area contributed by atoms with E-state index in [1.54, 1.807) is 0 Å². The van der Waals surface area contributed by atoms with Crippen LogP contribution in [-0.2, 0) is 14.3 Å². The van der Waals surface area contributed by atoms with Gasteiger partial charge in [-0.3, -0.25) is 9.59 Å². The summed E-state index contributed by atoms with van der Waals surface area (Å²) in [6.07, 6.45) is 49.8. The van der Waals surface area contributed by atoms with Crippen molar-refractivity contribution in [3.05, 3.63) is 12.2 Å². The molecule has 0 aliphatic heterocycles. The Balaban J connectivity index is 4.54. The lowest BCUT2D eigenvalue weighted by atomic mass is 10.0. The van der Waals surface area contributed by atoms with E-state index < -0.39 is 18.2 Å². The summed E-state index contributed by atoms with van der Waals surface area (Å²) in [4.78, 5) is 26.1. The molecule has 0 heterocycles. The molecule has 0 aromatic rings. The van der Waals surface area contributed by atoms with Crippen molar-refractivity contribution >= 4 is 11.9 Å². The summed E-state index contributed by atoms with van der Waals surface area (Å²) in [5.41, 5.74) is 0. The maximum absolute atomic E-state index is 13.2. The van der Waals surface area contributed by atoms with Crippen molar-refractivity contribution in [1.82, 2.24) is 5.32 Å². The van der Waals surface area contributed by atoms with Crippen molar-refractivity contribution in [2.45, 2.75) is 296 Å². The Bertz CT molecular complexity index is 863. The number of carbonyl (C=O) groups is 2. The summed E-state index contributed by atoms with van der Waals surface area (Å²) in [6, 6.07) is -0.695. The van der Waals surface area contributed by atoms with Crippen LogP contribution < -0.4 is 5.32 Å². The van der Waals surface area contributed by atoms with E-state index in [9.17, 15) is 19.8 Å². The number of unbranched alkanes of at least 4 members (excludes halogenated alkanes) is 32. The third kappa shape index (κ3) is 41.1. The fourth-order valence-corrected chi connectivity index (χ4v) is 7.96. The summed E-state index contributed by atoms with van der Waals surface area (Å²) in [7, 11) is 0. The SMILES string of the molecule is CCCCC/C=C\CCCCCCCC(=O)OC(CCCCCCCCCCCCCCC)CC(=O)NC(CO)C(O)CCCCCCCCCCCCCCC. The molecule has 3 atom stereocenters. The number of amides is 1. The van der Waals surface area contributed by atoms with Gasteiger partial charge in [-0.15, -0.1) is 0 Å². The van der Waals surface area contributed by atoms with Crippen molar-refractivity contribution in [3.63, 3.8) is 0 Å². The number of rotatable bonds is 46. The fraction of sp³-hybridized carbons (Fsp3) is 0.922. The highest BCUT2D eigenvalue weighted by Gasteiger charge is 2.24. The highest BCUT2D eigenvalue weighted by atomic mass is 16.5. The first-order valence-corrected chi connectivity index (χ1v) is 25.4. The first kappa shape index (κ1) is 55.6. The number of allylic oxidation sites excluding steroid dienone is 2. The summed E-state index contributed by atoms with van der Waals surface area (Å²) in [6.45, 7) is 6.47. The van der Waals surface area contributed by atoms with Gasteiger partial charge in [0.1, 0.15) is 6.10 Å². The van der Waals surface area contributed by atoms with E-state index in [0.29, 0.717) is 19.3 Å². The maximum Gasteiger partial charge on any atom is 0.306 e. The van der Waals surface area contributed by atoms with Gasteiger partial charge < -0.3 is 20.3 Å². The minimum absolute atomic E-state index is 0.0813. The molecule has 0 aromatic heterocycles. The molecule has 0 aliphatic carbocycles. The largest absolute Gasteiger partial charge is 0.462 e. The molecule has 3 N–H and O–H groups in total. The monoisotopic (exact) mass is 806 g/mol. The van der Waals surface area contributed by atoms with E-state index in [1.807, 2.05) is 0 Å². The van der Waals surface area contributed by atoms with Crippen molar-refractivity contribution < 1.29 is 24.5 Å². The van der Waals surface area contributed by atoms with Gasteiger partial charge >= 0.3 is 5.97 Å². The van der Waals surface area contributed by atoms with Crippen LogP contribution in [0, 0.1) is 0 Å². The van der Waals surface area contributed by atoms with Crippen molar-refractivity contribution in [2.75, 3.05) is 6.61 Å². The second-order valence-electron chi connectivity index (χ2n) is 17.6. The number of aliphatic hydroxyl groups excluding tert-OH is 2. The van der Waals surface area contributed by atoms with Crippen LogP contribution in [0.25, 0.3) is 0 Å². The number of hydrogen-bond acceptors (Lipinski definition) is 5. The average molecular weight is 806 g/mol. The molecule has 0 bridgehead atoms. The summed E-state index contributed by atoms with van der Waals surface area (Å²) < 4.78 is 5.92. The molecular weight excluding hydrogens is 707 g/mol. The van der Waals surface area contributed by atoms with Gasteiger partial charge in [0.15, 0.2) is 0 Å². The molecule has 0 radical (unpaired) electrons. The Morgan fingerprint density at radius 3 is 1.28 bits per heavy atom. The van der Waals surface area contributed by atoms with Gasteiger partial charge in [-0.2, -0.15) is 0 Å². The molecule has 0 aliphatic rings. The van der Waals surface area contributed by atoms with Gasteiger partial charge in [-0.05, 0) is 51.4 Å². The standard InChI is InChI=1S/C51H99NO5/c1-4-7-10-13-16-19-22-25-27-30-33-36-39-42-47(57-51(56)44-41-38-35-32-29-24-21-18-15-12-9-6-3)45-50(55)52-48(46-53)49(54)43-40-37-34-31-28-26-23-20-17-14-11-8-5-2/h18,21,47-49,53-54H,4-17,19-20,22-46H2,1-3H3,(H,52,55)/b21-18-. The van der Waals surface area contributed by atoms with E-state index in [2.05, 4.69) is 38.2 Å². The van der Waals surface area contributed by atoms with Gasteiger partial charge in [0, 0.05) is 6.42 Å². The topological polar surface area (TPSA) is 95.9 Å². The highest BCUT2D eigenvalue weighted by molar-refractivity contribution is 5.77. The third-order valence-corrected chi connectivity index (χ3v) is 11.8. The van der Waals surface area contributed by atoms with E-state index in [1.165, 1.54) is 180 Å².